The molecule has 0 saturated carbocycles. The number of rotatable bonds is 4. The Bertz CT molecular complexity index is 472. The van der Waals surface area contributed by atoms with E-state index in [1.807, 2.05) is 11.9 Å². The summed E-state index contributed by atoms with van der Waals surface area (Å²) in [5.41, 5.74) is 2.45. The van der Waals surface area contributed by atoms with Gasteiger partial charge in [0.2, 0.25) is 5.91 Å². The molecule has 110 valence electrons. The molecule has 1 saturated heterocycles. The lowest BCUT2D eigenvalue weighted by Crippen LogP contribution is -2.49. The summed E-state index contributed by atoms with van der Waals surface area (Å²) >= 11 is 3.55. The maximum atomic E-state index is 12.2. The van der Waals surface area contributed by atoms with Crippen LogP contribution in [0.3, 0.4) is 0 Å². The summed E-state index contributed by atoms with van der Waals surface area (Å²) in [7, 11) is 1.99. The van der Waals surface area contributed by atoms with Crippen LogP contribution in [0, 0.1) is 6.92 Å². The molecule has 1 N–H and O–H groups in total. The van der Waals surface area contributed by atoms with Gasteiger partial charge >= 0.3 is 0 Å². The van der Waals surface area contributed by atoms with Crippen LogP contribution in [0.4, 0.5) is 0 Å². The standard InChI is InChI=1S/C15H22BrN3O/c1-12-3-4-13(9-14(12)16)10-18(2)11-15(20)19-7-5-17-6-8-19/h3-4,9,17H,5-8,10-11H2,1-2H3. The minimum atomic E-state index is 0.222. The van der Waals surface area contributed by atoms with Gasteiger partial charge in [0.15, 0.2) is 0 Å². The molecule has 1 heterocycles. The molecule has 0 atom stereocenters. The number of nitrogens with zero attached hydrogens (tertiary/aromatic N) is 2. The van der Waals surface area contributed by atoms with E-state index in [4.69, 9.17) is 0 Å². The predicted molar refractivity (Wildman–Crippen MR) is 84.7 cm³/mol. The Balaban J connectivity index is 1.86. The summed E-state index contributed by atoms with van der Waals surface area (Å²) in [5, 5.41) is 3.26. The van der Waals surface area contributed by atoms with Crippen LogP contribution in [0.2, 0.25) is 0 Å². The van der Waals surface area contributed by atoms with E-state index in [2.05, 4.69) is 51.3 Å². The number of halogens is 1. The van der Waals surface area contributed by atoms with Crippen molar-refractivity contribution in [2.45, 2.75) is 13.5 Å². The number of hydrogen-bond acceptors (Lipinski definition) is 3. The van der Waals surface area contributed by atoms with Crippen molar-refractivity contribution in [1.29, 1.82) is 0 Å². The van der Waals surface area contributed by atoms with Crippen molar-refractivity contribution >= 4 is 21.8 Å². The van der Waals surface area contributed by atoms with Crippen molar-refractivity contribution in [2.24, 2.45) is 0 Å². The third kappa shape index (κ3) is 4.30. The molecule has 2 rings (SSSR count). The molecule has 1 fully saturated rings. The Hall–Kier alpha value is -0.910. The number of aryl methyl sites for hydroxylation is 1. The Kier molecular flexibility index (Phi) is 5.57. The molecule has 0 aliphatic carbocycles. The SMILES string of the molecule is Cc1ccc(CN(C)CC(=O)N2CCNCC2)cc1Br. The molecule has 1 amide bonds. The molecule has 0 radical (unpaired) electrons. The van der Waals surface area contributed by atoms with Crippen molar-refractivity contribution in [2.75, 3.05) is 39.8 Å². The van der Waals surface area contributed by atoms with E-state index in [9.17, 15) is 4.79 Å². The summed E-state index contributed by atoms with van der Waals surface area (Å²) in [6.07, 6.45) is 0. The highest BCUT2D eigenvalue weighted by Gasteiger charge is 2.17. The maximum absolute atomic E-state index is 12.2. The second-order valence-electron chi connectivity index (χ2n) is 5.39. The van der Waals surface area contributed by atoms with Gasteiger partial charge in [0.25, 0.3) is 0 Å². The minimum Gasteiger partial charge on any atom is -0.339 e. The smallest absolute Gasteiger partial charge is 0.236 e. The van der Waals surface area contributed by atoms with E-state index in [1.165, 1.54) is 11.1 Å². The van der Waals surface area contributed by atoms with Crippen LogP contribution < -0.4 is 5.32 Å². The van der Waals surface area contributed by atoms with Crippen LogP contribution in [-0.2, 0) is 11.3 Å². The van der Waals surface area contributed by atoms with Crippen LogP contribution in [0.15, 0.2) is 22.7 Å². The molecule has 4 nitrogen and oxygen atoms in total. The molecule has 0 unspecified atom stereocenters. The highest BCUT2D eigenvalue weighted by Crippen LogP contribution is 2.18. The van der Waals surface area contributed by atoms with E-state index < -0.39 is 0 Å². The number of amides is 1. The molecule has 0 spiro atoms. The normalized spacial score (nSPS) is 15.7. The lowest BCUT2D eigenvalue weighted by atomic mass is 10.1. The predicted octanol–water partition coefficient (Wildman–Crippen LogP) is 1.62. The van der Waals surface area contributed by atoms with Crippen LogP contribution in [0.5, 0.6) is 0 Å². The molecule has 0 aromatic heterocycles. The fraction of sp³-hybridized carbons (Fsp3) is 0.533. The summed E-state index contributed by atoms with van der Waals surface area (Å²) in [5.74, 6) is 0.222. The zero-order valence-electron chi connectivity index (χ0n) is 12.2. The first kappa shape index (κ1) is 15.5. The van der Waals surface area contributed by atoms with Crippen LogP contribution in [0.1, 0.15) is 11.1 Å². The molecule has 1 aliphatic rings. The average molecular weight is 340 g/mol. The van der Waals surface area contributed by atoms with Crippen LogP contribution in [0.25, 0.3) is 0 Å². The van der Waals surface area contributed by atoms with E-state index in [0.717, 1.165) is 37.2 Å². The van der Waals surface area contributed by atoms with E-state index in [1.54, 1.807) is 0 Å². The average Bonchev–Trinajstić information content (AvgIpc) is 2.44. The lowest BCUT2D eigenvalue weighted by Gasteiger charge is -2.29. The molecule has 1 aliphatic heterocycles. The van der Waals surface area contributed by atoms with Gasteiger partial charge < -0.3 is 10.2 Å². The van der Waals surface area contributed by atoms with E-state index in [-0.39, 0.29) is 5.91 Å². The number of nitrogens with one attached hydrogen (secondary N) is 1. The first-order valence-corrected chi connectivity index (χ1v) is 7.77. The number of benzene rings is 1. The van der Waals surface area contributed by atoms with Crippen molar-refractivity contribution < 1.29 is 4.79 Å². The maximum Gasteiger partial charge on any atom is 0.236 e. The molecule has 20 heavy (non-hydrogen) atoms. The largest absolute Gasteiger partial charge is 0.339 e. The quantitative estimate of drug-likeness (QED) is 0.905. The Morgan fingerprint density at radius 1 is 1.40 bits per heavy atom. The van der Waals surface area contributed by atoms with Gasteiger partial charge in [0, 0.05) is 37.2 Å². The second kappa shape index (κ2) is 7.20. The first-order valence-electron chi connectivity index (χ1n) is 6.98. The highest BCUT2D eigenvalue weighted by atomic mass is 79.9. The number of likely N-dealkylation sites (N-methyl/N-ethyl adjacent to an activating group) is 1. The Morgan fingerprint density at radius 2 is 2.10 bits per heavy atom. The summed E-state index contributed by atoms with van der Waals surface area (Å²) in [4.78, 5) is 16.2. The molecular formula is C15H22BrN3O. The molecule has 1 aromatic carbocycles. The van der Waals surface area contributed by atoms with Gasteiger partial charge in [-0.1, -0.05) is 28.1 Å². The van der Waals surface area contributed by atoms with Crippen molar-refractivity contribution in [3.8, 4) is 0 Å². The third-order valence-corrected chi connectivity index (χ3v) is 4.42. The molecule has 0 bridgehead atoms. The van der Waals surface area contributed by atoms with Crippen molar-refractivity contribution in [1.82, 2.24) is 15.1 Å². The fourth-order valence-electron chi connectivity index (χ4n) is 2.35. The monoisotopic (exact) mass is 339 g/mol. The van der Waals surface area contributed by atoms with Crippen LogP contribution >= 0.6 is 15.9 Å². The van der Waals surface area contributed by atoms with Crippen LogP contribution in [-0.4, -0.2) is 55.5 Å². The van der Waals surface area contributed by atoms with Crippen molar-refractivity contribution in [3.63, 3.8) is 0 Å². The Labute approximate surface area is 129 Å². The summed E-state index contributed by atoms with van der Waals surface area (Å²) in [6, 6.07) is 6.35. The number of hydrogen-bond donors (Lipinski definition) is 1. The van der Waals surface area contributed by atoms with Gasteiger partial charge in [0.1, 0.15) is 0 Å². The summed E-state index contributed by atoms with van der Waals surface area (Å²) < 4.78 is 1.12. The second-order valence-corrected chi connectivity index (χ2v) is 6.24. The zero-order valence-corrected chi connectivity index (χ0v) is 13.7. The van der Waals surface area contributed by atoms with Crippen molar-refractivity contribution in [3.05, 3.63) is 33.8 Å². The number of carbonyl (C=O) groups excluding carboxylic acids is 1. The van der Waals surface area contributed by atoms with Gasteiger partial charge in [-0.15, -0.1) is 0 Å². The van der Waals surface area contributed by atoms with Gasteiger partial charge in [-0.3, -0.25) is 9.69 Å². The molecule has 1 aromatic rings. The van der Waals surface area contributed by atoms with Gasteiger partial charge in [-0.05, 0) is 31.2 Å². The van der Waals surface area contributed by atoms with Gasteiger partial charge in [-0.2, -0.15) is 0 Å². The molecular weight excluding hydrogens is 318 g/mol. The highest BCUT2D eigenvalue weighted by molar-refractivity contribution is 9.10. The van der Waals surface area contributed by atoms with Gasteiger partial charge in [0.05, 0.1) is 6.54 Å². The van der Waals surface area contributed by atoms with Gasteiger partial charge in [-0.25, -0.2) is 0 Å². The topological polar surface area (TPSA) is 35.6 Å². The van der Waals surface area contributed by atoms with E-state index in [0.29, 0.717) is 6.54 Å². The summed E-state index contributed by atoms with van der Waals surface area (Å²) in [6.45, 7) is 6.79. The third-order valence-electron chi connectivity index (χ3n) is 3.56. The minimum absolute atomic E-state index is 0.222. The number of piperazine rings is 1. The lowest BCUT2D eigenvalue weighted by molar-refractivity contribution is -0.132. The zero-order chi connectivity index (χ0) is 14.5. The molecule has 5 heteroatoms. The fourth-order valence-corrected chi connectivity index (χ4v) is 2.77. The number of carbonyl (C=O) groups is 1. The first-order chi connectivity index (χ1) is 9.56. The van der Waals surface area contributed by atoms with E-state index >= 15 is 0 Å². The Morgan fingerprint density at radius 3 is 2.75 bits per heavy atom.